The Kier molecular flexibility index (Phi) is 31.6. The molecule has 0 unspecified atom stereocenters. The number of carbonyl (C=O) groups excluding carboxylic acids is 9. The summed E-state index contributed by atoms with van der Waals surface area (Å²) >= 11 is 32.1. The van der Waals surface area contributed by atoms with E-state index >= 15 is 0 Å². The van der Waals surface area contributed by atoms with Crippen molar-refractivity contribution >= 4 is 197 Å². The van der Waals surface area contributed by atoms with Gasteiger partial charge in [0.05, 0.1) is 7.11 Å². The summed E-state index contributed by atoms with van der Waals surface area (Å²) in [5, 5.41) is 10.4. The molecule has 15 rings (SSSR count). The summed E-state index contributed by atoms with van der Waals surface area (Å²) in [4.78, 5) is 131. The summed E-state index contributed by atoms with van der Waals surface area (Å²) in [6.07, 6.45) is -1.01. The fraction of sp³-hybridized carbons (Fsp3) is 0.358. The predicted octanol–water partition coefficient (Wildman–Crippen LogP) is 16.2. The van der Waals surface area contributed by atoms with Crippen LogP contribution >= 0.6 is 108 Å². The molecule has 3 amide bonds. The van der Waals surface area contributed by atoms with Crippen LogP contribution in [-0.4, -0.2) is 159 Å². The number of halogens is 8. The van der Waals surface area contributed by atoms with E-state index in [1.807, 2.05) is 115 Å². The van der Waals surface area contributed by atoms with E-state index in [-0.39, 0.29) is 26.8 Å². The maximum atomic E-state index is 13.5. The summed E-state index contributed by atoms with van der Waals surface area (Å²) in [6, 6.07) is 35.4. The van der Waals surface area contributed by atoms with E-state index in [0.717, 1.165) is 77.6 Å². The number of thiol groups is 1. The summed E-state index contributed by atoms with van der Waals surface area (Å²) in [5.41, 5.74) is 6.89. The molecule has 6 aliphatic rings. The van der Waals surface area contributed by atoms with Crippen molar-refractivity contribution in [3.8, 4) is 34.5 Å². The average molecular weight is 2080 g/mol. The third-order valence-corrected chi connectivity index (χ3v) is 18.7. The van der Waals surface area contributed by atoms with E-state index in [1.165, 1.54) is 21.8 Å². The van der Waals surface area contributed by atoms with Gasteiger partial charge in [-0.05, 0) is 217 Å². The molecule has 0 fully saturated rings. The van der Waals surface area contributed by atoms with Gasteiger partial charge in [-0.3, -0.25) is 33.9 Å². The molecule has 0 bridgehead atoms. The van der Waals surface area contributed by atoms with Gasteiger partial charge in [-0.2, -0.15) is 0 Å². The zero-order chi connectivity index (χ0) is 86.8. The van der Waals surface area contributed by atoms with Gasteiger partial charge in [-0.1, -0.05) is 72.8 Å². The zero-order valence-electron chi connectivity index (χ0n) is 65.7. The van der Waals surface area contributed by atoms with Gasteiger partial charge in [0.2, 0.25) is 25.5 Å². The first-order valence-corrected chi connectivity index (χ1v) is 50.9. The van der Waals surface area contributed by atoms with Crippen LogP contribution in [0, 0.1) is 0 Å². The Hall–Kier alpha value is -8.37. The van der Waals surface area contributed by atoms with Gasteiger partial charge in [-0.15, -0.1) is 12.6 Å². The molecule has 0 saturated heterocycles. The van der Waals surface area contributed by atoms with Gasteiger partial charge in [0.1, 0.15) is 58.7 Å². The number of nitrogens with zero attached hydrogens (tertiary/aromatic N) is 3. The second-order valence-electron chi connectivity index (χ2n) is 30.5. The Morgan fingerprint density at radius 2 is 0.703 bits per heavy atom. The Labute approximate surface area is 738 Å². The van der Waals surface area contributed by atoms with E-state index in [2.05, 4.69) is 116 Å². The third kappa shape index (κ3) is 23.6. The Morgan fingerprint density at radius 3 is 0.966 bits per heavy atom. The van der Waals surface area contributed by atoms with Gasteiger partial charge in [-0.25, -0.2) is 28.8 Å². The molecule has 28 nitrogen and oxygen atoms in total. The van der Waals surface area contributed by atoms with E-state index in [1.54, 1.807) is 95.2 Å². The van der Waals surface area contributed by atoms with Crippen molar-refractivity contribution in [2.24, 2.45) is 0 Å². The van der Waals surface area contributed by atoms with Crippen LogP contribution in [0.4, 0.5) is 24.0 Å². The minimum absolute atomic E-state index is 0.120. The number of para-hydroxylation sites is 3. The molecule has 9 heterocycles. The Balaban J connectivity index is 0.000000179. The molecular formula is C81H83Cl5I3N6O22S-. The normalized spacial score (nSPS) is 17.6. The number of hydrogen-bond donors (Lipinski definition) is 5. The first-order valence-electron chi connectivity index (χ1n) is 36.0. The standard InChI is InChI=1S/C25H26N2O6.C24H24N2O6.C24H24N2O5S.C5H9ClO2.C2Cl2O2.CCl2O.I3/c1-25(2,3)33-24(29)27-18(23(28)30-4)12-16-15-7-5-6-8-17(15)26-21(16)22(27)14-9-10-19-20(11-14)32-13-31-19;1-24(2,3)32-23(29)26-17(22(27)28)11-15-14-6-4-5-7-16(14)25-20(15)21(26)13-8-9-18-19(10-13)31-12-30-18;1-24(2,3)31-23(28)26-17(22(27)32)11-15-14-6-4-5-7-16(14)25-20(15)21(26)13-8-9-18-19(10-13)30-12-29-18;1-5(2,3)8-4(6)7;3-1(5)2(4)6;2-1(3)4;1-3-2/h5-11,18,22,26H,12-13H2,1-4H3;4-10,17,21,25H,11-12H2,1-3H3,(H,27,28);4-10,17,21,25H,11-12H2,1-3H3,(H,27,32);1-3H3;;;/q;;;;;;-1/t18-,22-;2*17-,21-;;;;/m111..../s1. The number of carboxylic acid groups (broad SMARTS) is 1. The molecule has 0 spiro atoms. The maximum Gasteiger partial charge on any atom is 0.313 e. The molecule has 6 aromatic carbocycles. The number of rotatable bonds is 7. The summed E-state index contributed by atoms with van der Waals surface area (Å²) < 4.78 is 59.0. The number of fused-ring (bicyclic) bond motifs is 12. The fourth-order valence-corrected chi connectivity index (χ4v) is 14.2. The zero-order valence-corrected chi connectivity index (χ0v) is 76.8. The quantitative estimate of drug-likeness (QED) is 0.0247. The average Bonchev–Trinajstić information content (AvgIpc) is 1.56. The SMILES string of the molecule is CC(C)(C)OC(=O)Cl.CC(C)(C)OC(=O)N1[C@H](c2ccc3c(c2)OCO3)c2[nH]c3ccccc3c2C[C@@H]1C(=O)O.CC(C)(C)OC(=O)N1[C@H](c2ccc3c(c2)OCO3)c2[nH]c3ccccc3c2C[C@@H]1C(=O)S.COC(=O)[C@H]1Cc2c([nH]c3ccccc23)[C@@H](c2ccc3c(c2)OCO3)N1C(=O)OC(C)(C)C.I[I-]I.O=C(Cl)C(=O)Cl.O=C(Cl)Cl. The molecule has 0 saturated carbocycles. The van der Waals surface area contributed by atoms with Crippen molar-refractivity contribution in [3.05, 3.63) is 178 Å². The number of benzene rings is 6. The van der Waals surface area contributed by atoms with Crippen LogP contribution < -0.4 is 41.7 Å². The number of aromatic amines is 3. The molecule has 118 heavy (non-hydrogen) atoms. The molecule has 6 aliphatic heterocycles. The van der Waals surface area contributed by atoms with Crippen LogP contribution in [0.15, 0.2) is 127 Å². The van der Waals surface area contributed by atoms with E-state index < -0.39 is 115 Å². The van der Waals surface area contributed by atoms with Crippen molar-refractivity contribution in [2.75, 3.05) is 27.5 Å². The number of nitrogens with one attached hydrogen (secondary N) is 3. The largest absolute Gasteiger partial charge is 0.313 e. The number of ether oxygens (including phenoxy) is 11. The van der Waals surface area contributed by atoms with Crippen LogP contribution in [0.25, 0.3) is 32.7 Å². The van der Waals surface area contributed by atoms with Crippen molar-refractivity contribution in [1.82, 2.24) is 29.7 Å². The number of H-pyrrole nitrogens is 3. The molecule has 4 N–H and O–H groups in total. The van der Waals surface area contributed by atoms with Gasteiger partial charge in [0.25, 0.3) is 0 Å². The minimum atomic E-state index is -1.14. The first-order chi connectivity index (χ1) is 55.4. The number of aromatic nitrogens is 3. The summed E-state index contributed by atoms with van der Waals surface area (Å²) in [5.74, 6) is 2.06. The molecule has 6 atom stereocenters. The predicted molar refractivity (Wildman–Crippen MR) is 457 cm³/mol. The summed E-state index contributed by atoms with van der Waals surface area (Å²) in [6.45, 7) is 21.8. The molecule has 0 radical (unpaired) electrons. The number of aliphatic carboxylic acids is 1. The van der Waals surface area contributed by atoms with Crippen molar-refractivity contribution in [2.45, 2.75) is 161 Å². The van der Waals surface area contributed by atoms with E-state index in [0.29, 0.717) is 66.2 Å². The number of hydrogen-bond acceptors (Lipinski definition) is 21. The monoisotopic (exact) mass is 2080 g/mol. The van der Waals surface area contributed by atoms with Gasteiger partial charge in [0.15, 0.2) is 34.5 Å². The number of methoxy groups -OCH3 is 1. The summed E-state index contributed by atoms with van der Waals surface area (Å²) in [7, 11) is 1.33. The van der Waals surface area contributed by atoms with Crippen molar-refractivity contribution < 1.29 is 118 Å². The van der Waals surface area contributed by atoms with E-state index in [4.69, 9.17) is 63.8 Å². The molecule has 632 valence electrons. The number of carboxylic acids is 1. The maximum absolute atomic E-state index is 13.5. The van der Waals surface area contributed by atoms with Crippen LogP contribution in [0.3, 0.4) is 0 Å². The topological polar surface area (TPSA) is 350 Å². The van der Waals surface area contributed by atoms with E-state index in [9.17, 15) is 48.3 Å². The van der Waals surface area contributed by atoms with Gasteiger partial charge < -0.3 is 72.2 Å². The Bertz CT molecular complexity index is 5060. The third-order valence-electron chi connectivity index (χ3n) is 17.9. The van der Waals surface area contributed by atoms with Crippen LogP contribution in [0.2, 0.25) is 0 Å². The first kappa shape index (κ1) is 93.5. The van der Waals surface area contributed by atoms with Gasteiger partial charge in [0, 0.05) is 80.7 Å². The number of esters is 1. The Morgan fingerprint density at radius 1 is 0.432 bits per heavy atom. The smallest absolute Gasteiger partial charge is 0.271 e. The molecule has 0 aliphatic carbocycles. The van der Waals surface area contributed by atoms with Crippen molar-refractivity contribution in [3.63, 3.8) is 0 Å². The van der Waals surface area contributed by atoms with Crippen LogP contribution in [0.5, 0.6) is 34.5 Å². The number of amides is 3. The molecule has 3 aromatic heterocycles. The fourth-order valence-electron chi connectivity index (χ4n) is 13.7. The second-order valence-corrected chi connectivity index (χ2v) is 49.1. The second kappa shape index (κ2) is 39.9. The molecule has 37 heteroatoms. The van der Waals surface area contributed by atoms with Gasteiger partial charge >= 0.3 is 101 Å². The molecule has 9 aromatic rings. The molecular weight excluding hydrogens is 2000 g/mol. The van der Waals surface area contributed by atoms with Crippen LogP contribution in [0.1, 0.15) is 152 Å². The minimum Gasteiger partial charge on any atom is -0.271 e. The van der Waals surface area contributed by atoms with Crippen molar-refractivity contribution in [1.29, 1.82) is 0 Å². The van der Waals surface area contributed by atoms with Crippen LogP contribution in [-0.2, 0) is 66.9 Å². The number of carbonyl (C=O) groups is 10.